The molecule has 0 heterocycles. The number of nitrogens with one attached hydrogen (secondary N) is 2. The van der Waals surface area contributed by atoms with Gasteiger partial charge in [-0.25, -0.2) is 9.59 Å². The first kappa shape index (κ1) is 17.3. The molecule has 1 aromatic carbocycles. The van der Waals surface area contributed by atoms with E-state index in [1.165, 1.54) is 7.11 Å². The lowest BCUT2D eigenvalue weighted by Crippen LogP contribution is -2.46. The van der Waals surface area contributed by atoms with Gasteiger partial charge in [0.25, 0.3) is 0 Å². The molecule has 0 aromatic heterocycles. The van der Waals surface area contributed by atoms with E-state index in [9.17, 15) is 9.59 Å². The molecule has 21 heavy (non-hydrogen) atoms. The van der Waals surface area contributed by atoms with E-state index >= 15 is 0 Å². The van der Waals surface area contributed by atoms with E-state index in [4.69, 9.17) is 16.3 Å². The molecule has 0 aliphatic rings. The van der Waals surface area contributed by atoms with Gasteiger partial charge in [0.2, 0.25) is 0 Å². The van der Waals surface area contributed by atoms with Crippen LogP contribution in [-0.4, -0.2) is 25.2 Å². The Labute approximate surface area is 130 Å². The van der Waals surface area contributed by atoms with Crippen molar-refractivity contribution in [2.24, 2.45) is 5.92 Å². The Kier molecular flexibility index (Phi) is 7.02. The summed E-state index contributed by atoms with van der Waals surface area (Å²) in [6.45, 7) is 4.24. The van der Waals surface area contributed by atoms with Crippen LogP contribution in [0.3, 0.4) is 0 Å². The van der Waals surface area contributed by atoms with E-state index in [1.807, 2.05) is 32.0 Å². The minimum Gasteiger partial charge on any atom is -0.467 e. The van der Waals surface area contributed by atoms with Crippen molar-refractivity contribution in [3.8, 4) is 0 Å². The van der Waals surface area contributed by atoms with Crippen LogP contribution in [0.4, 0.5) is 4.79 Å². The van der Waals surface area contributed by atoms with E-state index in [0.29, 0.717) is 18.0 Å². The number of rotatable bonds is 6. The second kappa shape index (κ2) is 8.52. The number of esters is 1. The molecular formula is C15H21ClN2O3. The summed E-state index contributed by atoms with van der Waals surface area (Å²) < 4.78 is 4.69. The van der Waals surface area contributed by atoms with Gasteiger partial charge in [-0.05, 0) is 24.0 Å². The van der Waals surface area contributed by atoms with Crippen LogP contribution in [0.1, 0.15) is 25.8 Å². The van der Waals surface area contributed by atoms with Gasteiger partial charge in [-0.15, -0.1) is 0 Å². The Morgan fingerprint density at radius 2 is 1.95 bits per heavy atom. The maximum atomic E-state index is 11.9. The Hall–Kier alpha value is -1.75. The number of hydrogen-bond donors (Lipinski definition) is 2. The minimum absolute atomic E-state index is 0.262. The third kappa shape index (κ3) is 6.04. The number of ether oxygens (including phenoxy) is 1. The zero-order valence-corrected chi connectivity index (χ0v) is 13.2. The Balaban J connectivity index is 2.54. The highest BCUT2D eigenvalue weighted by Crippen LogP contribution is 2.14. The quantitative estimate of drug-likeness (QED) is 0.794. The van der Waals surface area contributed by atoms with Crippen LogP contribution in [0, 0.1) is 5.92 Å². The predicted molar refractivity (Wildman–Crippen MR) is 82.1 cm³/mol. The molecule has 0 radical (unpaired) electrons. The third-order valence-corrected chi connectivity index (χ3v) is 3.26. The topological polar surface area (TPSA) is 67.4 Å². The van der Waals surface area contributed by atoms with Crippen molar-refractivity contribution in [2.45, 2.75) is 32.9 Å². The van der Waals surface area contributed by atoms with Gasteiger partial charge in [-0.3, -0.25) is 0 Å². The van der Waals surface area contributed by atoms with E-state index in [-0.39, 0.29) is 5.92 Å². The van der Waals surface area contributed by atoms with Gasteiger partial charge in [0.15, 0.2) is 0 Å². The van der Waals surface area contributed by atoms with Crippen LogP contribution < -0.4 is 10.6 Å². The average Bonchev–Trinajstić information content (AvgIpc) is 2.44. The summed E-state index contributed by atoms with van der Waals surface area (Å²) in [4.78, 5) is 23.5. The molecule has 2 amide bonds. The maximum absolute atomic E-state index is 11.9. The number of amides is 2. The highest BCUT2D eigenvalue weighted by molar-refractivity contribution is 6.31. The van der Waals surface area contributed by atoms with Gasteiger partial charge in [0.1, 0.15) is 6.04 Å². The minimum atomic E-state index is -0.652. The second-order valence-electron chi connectivity index (χ2n) is 5.12. The molecule has 6 heteroatoms. The molecule has 0 saturated carbocycles. The standard InChI is InChI=1S/C15H21ClN2O3/c1-10(2)8-13(14(19)21-3)18-15(20)17-9-11-6-4-5-7-12(11)16/h4-7,10,13H,8-9H2,1-3H3,(H2,17,18,20)/t13-/m0/s1. The highest BCUT2D eigenvalue weighted by Gasteiger charge is 2.22. The van der Waals surface area contributed by atoms with Gasteiger partial charge >= 0.3 is 12.0 Å². The maximum Gasteiger partial charge on any atom is 0.328 e. The summed E-state index contributed by atoms with van der Waals surface area (Å²) in [7, 11) is 1.30. The van der Waals surface area contributed by atoms with Gasteiger partial charge < -0.3 is 15.4 Å². The van der Waals surface area contributed by atoms with Crippen molar-refractivity contribution in [2.75, 3.05) is 7.11 Å². The lowest BCUT2D eigenvalue weighted by atomic mass is 10.0. The smallest absolute Gasteiger partial charge is 0.328 e. The molecule has 0 aliphatic heterocycles. The molecule has 1 aromatic rings. The molecule has 0 spiro atoms. The van der Waals surface area contributed by atoms with E-state index in [0.717, 1.165) is 5.56 Å². The first-order valence-corrected chi connectivity index (χ1v) is 7.17. The molecular weight excluding hydrogens is 292 g/mol. The van der Waals surface area contributed by atoms with Crippen LogP contribution >= 0.6 is 11.6 Å². The fourth-order valence-electron chi connectivity index (χ4n) is 1.85. The number of urea groups is 1. The molecule has 0 bridgehead atoms. The SMILES string of the molecule is COC(=O)[C@H](CC(C)C)NC(=O)NCc1ccccc1Cl. The number of carbonyl (C=O) groups is 2. The first-order chi connectivity index (χ1) is 9.93. The molecule has 0 fully saturated rings. The lowest BCUT2D eigenvalue weighted by molar-refractivity contribution is -0.143. The molecule has 1 atom stereocenters. The molecule has 2 N–H and O–H groups in total. The Morgan fingerprint density at radius 3 is 2.52 bits per heavy atom. The summed E-state index contributed by atoms with van der Waals surface area (Å²) >= 11 is 6.01. The molecule has 116 valence electrons. The first-order valence-electron chi connectivity index (χ1n) is 6.79. The lowest BCUT2D eigenvalue weighted by Gasteiger charge is -2.18. The summed E-state index contributed by atoms with van der Waals surface area (Å²) in [5.74, 6) is -0.186. The Morgan fingerprint density at radius 1 is 1.29 bits per heavy atom. The third-order valence-electron chi connectivity index (χ3n) is 2.90. The fourth-order valence-corrected chi connectivity index (χ4v) is 2.06. The molecule has 0 saturated heterocycles. The van der Waals surface area contributed by atoms with Crippen molar-refractivity contribution in [3.63, 3.8) is 0 Å². The van der Waals surface area contributed by atoms with Crippen LogP contribution in [0.2, 0.25) is 5.02 Å². The van der Waals surface area contributed by atoms with Crippen LogP contribution in [-0.2, 0) is 16.1 Å². The largest absolute Gasteiger partial charge is 0.467 e. The summed E-state index contributed by atoms with van der Waals surface area (Å²) in [6.07, 6.45) is 0.520. The van der Waals surface area contributed by atoms with E-state index in [2.05, 4.69) is 10.6 Å². The second-order valence-corrected chi connectivity index (χ2v) is 5.53. The predicted octanol–water partition coefficient (Wildman–Crippen LogP) is 2.73. The summed E-state index contributed by atoms with van der Waals surface area (Å²) in [5, 5.41) is 5.89. The van der Waals surface area contributed by atoms with E-state index < -0.39 is 18.0 Å². The zero-order valence-electron chi connectivity index (χ0n) is 12.5. The van der Waals surface area contributed by atoms with Gasteiger partial charge in [0.05, 0.1) is 7.11 Å². The van der Waals surface area contributed by atoms with Crippen LogP contribution in [0.15, 0.2) is 24.3 Å². The summed E-state index contributed by atoms with van der Waals surface area (Å²) in [6, 6.07) is 6.17. The Bertz CT molecular complexity index is 492. The van der Waals surface area contributed by atoms with Crippen LogP contribution in [0.25, 0.3) is 0 Å². The number of hydrogen-bond acceptors (Lipinski definition) is 3. The normalized spacial score (nSPS) is 11.9. The van der Waals surface area contributed by atoms with Crippen molar-refractivity contribution in [1.29, 1.82) is 0 Å². The van der Waals surface area contributed by atoms with Crippen molar-refractivity contribution < 1.29 is 14.3 Å². The molecule has 1 rings (SSSR count). The highest BCUT2D eigenvalue weighted by atomic mass is 35.5. The van der Waals surface area contributed by atoms with Gasteiger partial charge in [-0.2, -0.15) is 0 Å². The van der Waals surface area contributed by atoms with Crippen LogP contribution in [0.5, 0.6) is 0 Å². The zero-order chi connectivity index (χ0) is 15.8. The molecule has 0 unspecified atom stereocenters. The van der Waals surface area contributed by atoms with Crippen molar-refractivity contribution in [3.05, 3.63) is 34.9 Å². The number of benzene rings is 1. The monoisotopic (exact) mass is 312 g/mol. The molecule has 5 nitrogen and oxygen atoms in total. The number of methoxy groups -OCH3 is 1. The fraction of sp³-hybridized carbons (Fsp3) is 0.467. The number of carbonyl (C=O) groups excluding carboxylic acids is 2. The average molecular weight is 313 g/mol. The molecule has 0 aliphatic carbocycles. The summed E-state index contributed by atoms with van der Waals surface area (Å²) in [5.41, 5.74) is 0.813. The van der Waals surface area contributed by atoms with Gasteiger partial charge in [0, 0.05) is 11.6 Å². The van der Waals surface area contributed by atoms with Gasteiger partial charge in [-0.1, -0.05) is 43.6 Å². The van der Waals surface area contributed by atoms with E-state index in [1.54, 1.807) is 6.07 Å². The van der Waals surface area contributed by atoms with Crippen molar-refractivity contribution >= 4 is 23.6 Å². The number of halogens is 1. The van der Waals surface area contributed by atoms with Crippen molar-refractivity contribution in [1.82, 2.24) is 10.6 Å².